The molecule has 0 aliphatic carbocycles. The molecule has 76 valence electrons. The van der Waals surface area contributed by atoms with E-state index in [9.17, 15) is 9.18 Å². The Bertz CT molecular complexity index is 365. The van der Waals surface area contributed by atoms with Gasteiger partial charge in [0.05, 0.1) is 13.5 Å². The molecule has 0 atom stereocenters. The molecule has 1 N–H and O–H groups in total. The summed E-state index contributed by atoms with van der Waals surface area (Å²) >= 11 is 3.08. The summed E-state index contributed by atoms with van der Waals surface area (Å²) in [5.74, 6) is -1.62. The fraction of sp³-hybridized carbons (Fsp3) is 0.222. The number of ether oxygens (including phenoxy) is 1. The molecule has 0 aliphatic heterocycles. The molecule has 0 aliphatic rings. The Morgan fingerprint density at radius 3 is 2.79 bits per heavy atom. The Kier molecular flexibility index (Phi) is 3.46. The van der Waals surface area contributed by atoms with E-state index in [4.69, 9.17) is 9.84 Å². The molecule has 5 heteroatoms. The van der Waals surface area contributed by atoms with Crippen LogP contribution in [0.5, 0.6) is 5.75 Å². The average Bonchev–Trinajstić information content (AvgIpc) is 2.01. The normalized spacial score (nSPS) is 9.93. The molecule has 0 saturated heterocycles. The minimum atomic E-state index is -1.03. The third kappa shape index (κ3) is 2.45. The first-order valence-electron chi connectivity index (χ1n) is 3.78. The maximum atomic E-state index is 13.2. The second-order valence-corrected chi connectivity index (χ2v) is 3.57. The molecule has 14 heavy (non-hydrogen) atoms. The van der Waals surface area contributed by atoms with Crippen LogP contribution in [0.15, 0.2) is 16.6 Å². The number of carbonyl (C=O) groups is 1. The van der Waals surface area contributed by atoms with E-state index in [-0.39, 0.29) is 12.2 Å². The first-order chi connectivity index (χ1) is 6.54. The number of hydrogen-bond acceptors (Lipinski definition) is 2. The zero-order chi connectivity index (χ0) is 10.7. The molecule has 0 heterocycles. The monoisotopic (exact) mass is 262 g/mol. The molecule has 1 aromatic carbocycles. The lowest BCUT2D eigenvalue weighted by molar-refractivity contribution is -0.136. The lowest BCUT2D eigenvalue weighted by Gasteiger charge is -2.08. The van der Waals surface area contributed by atoms with E-state index in [1.165, 1.54) is 19.2 Å². The Labute approximate surface area is 88.6 Å². The fourth-order valence-corrected chi connectivity index (χ4v) is 1.61. The number of carboxylic acid groups (broad SMARTS) is 1. The number of halogens is 2. The fourth-order valence-electron chi connectivity index (χ4n) is 1.14. The minimum Gasteiger partial charge on any atom is -0.493 e. The van der Waals surface area contributed by atoms with Crippen molar-refractivity contribution in [2.45, 2.75) is 6.42 Å². The molecular formula is C9H8BrFO3. The van der Waals surface area contributed by atoms with Crippen LogP contribution >= 0.6 is 15.9 Å². The standard InChI is InChI=1S/C9H8BrFO3/c1-14-9-5(3-8(12)13)2-6(10)4-7(9)11/h2,4H,3H2,1H3,(H,12,13). The number of carboxylic acids is 1. The Hall–Kier alpha value is -1.10. The van der Waals surface area contributed by atoms with Crippen LogP contribution in [0, 0.1) is 5.82 Å². The first-order valence-corrected chi connectivity index (χ1v) is 4.57. The van der Waals surface area contributed by atoms with Gasteiger partial charge in [0.25, 0.3) is 0 Å². The summed E-state index contributed by atoms with van der Waals surface area (Å²) in [4.78, 5) is 10.5. The maximum absolute atomic E-state index is 13.2. The second kappa shape index (κ2) is 4.41. The Morgan fingerprint density at radius 2 is 2.29 bits per heavy atom. The SMILES string of the molecule is COc1c(F)cc(Br)cc1CC(=O)O. The highest BCUT2D eigenvalue weighted by atomic mass is 79.9. The van der Waals surface area contributed by atoms with Gasteiger partial charge < -0.3 is 9.84 Å². The number of hydrogen-bond donors (Lipinski definition) is 1. The van der Waals surface area contributed by atoms with Crippen molar-refractivity contribution in [3.05, 3.63) is 28.0 Å². The van der Waals surface area contributed by atoms with Crippen molar-refractivity contribution in [2.75, 3.05) is 7.11 Å². The summed E-state index contributed by atoms with van der Waals surface area (Å²) in [5.41, 5.74) is 0.312. The quantitative estimate of drug-likeness (QED) is 0.909. The van der Waals surface area contributed by atoms with E-state index in [1.54, 1.807) is 0 Å². The number of rotatable bonds is 3. The lowest BCUT2D eigenvalue weighted by atomic mass is 10.1. The molecule has 0 unspecified atom stereocenters. The third-order valence-corrected chi connectivity index (χ3v) is 2.09. The van der Waals surface area contributed by atoms with Gasteiger partial charge in [0.1, 0.15) is 0 Å². The van der Waals surface area contributed by atoms with Crippen molar-refractivity contribution < 1.29 is 19.0 Å². The topological polar surface area (TPSA) is 46.5 Å². The van der Waals surface area contributed by atoms with Gasteiger partial charge >= 0.3 is 5.97 Å². The van der Waals surface area contributed by atoms with Crippen molar-refractivity contribution in [3.8, 4) is 5.75 Å². The molecule has 0 fully saturated rings. The van der Waals surface area contributed by atoms with E-state index in [1.807, 2.05) is 0 Å². The second-order valence-electron chi connectivity index (χ2n) is 2.65. The average molecular weight is 263 g/mol. The van der Waals surface area contributed by atoms with Crippen molar-refractivity contribution in [1.82, 2.24) is 0 Å². The number of aliphatic carboxylic acids is 1. The Balaban J connectivity index is 3.17. The van der Waals surface area contributed by atoms with Gasteiger partial charge in [-0.3, -0.25) is 4.79 Å². The van der Waals surface area contributed by atoms with Gasteiger partial charge in [-0.2, -0.15) is 0 Å². The molecule has 0 aromatic heterocycles. The summed E-state index contributed by atoms with van der Waals surface area (Å²) in [5, 5.41) is 8.58. The van der Waals surface area contributed by atoms with E-state index in [0.29, 0.717) is 10.0 Å². The molecule has 0 radical (unpaired) electrons. The third-order valence-electron chi connectivity index (χ3n) is 1.63. The smallest absolute Gasteiger partial charge is 0.307 e. The van der Waals surface area contributed by atoms with Crippen molar-refractivity contribution in [2.24, 2.45) is 0 Å². The van der Waals surface area contributed by atoms with Crippen LogP contribution in [0.2, 0.25) is 0 Å². The van der Waals surface area contributed by atoms with Gasteiger partial charge in [0.2, 0.25) is 0 Å². The summed E-state index contributed by atoms with van der Waals surface area (Å²) < 4.78 is 18.5. The highest BCUT2D eigenvalue weighted by molar-refractivity contribution is 9.10. The van der Waals surface area contributed by atoms with Crippen LogP contribution in [0.25, 0.3) is 0 Å². The van der Waals surface area contributed by atoms with E-state index in [2.05, 4.69) is 15.9 Å². The summed E-state index contributed by atoms with van der Waals surface area (Å²) in [6.07, 6.45) is -0.264. The number of methoxy groups -OCH3 is 1. The largest absolute Gasteiger partial charge is 0.493 e. The van der Waals surface area contributed by atoms with Crippen LogP contribution in [0.1, 0.15) is 5.56 Å². The predicted molar refractivity (Wildman–Crippen MR) is 52.0 cm³/mol. The van der Waals surface area contributed by atoms with Crippen LogP contribution in [0.4, 0.5) is 4.39 Å². The van der Waals surface area contributed by atoms with Crippen LogP contribution in [-0.4, -0.2) is 18.2 Å². The van der Waals surface area contributed by atoms with Gasteiger partial charge in [0.15, 0.2) is 11.6 Å². The lowest BCUT2D eigenvalue weighted by Crippen LogP contribution is -2.03. The molecule has 1 rings (SSSR count). The van der Waals surface area contributed by atoms with Gasteiger partial charge in [-0.1, -0.05) is 15.9 Å². The Morgan fingerprint density at radius 1 is 1.64 bits per heavy atom. The first kappa shape index (κ1) is 11.0. The zero-order valence-corrected chi connectivity index (χ0v) is 8.97. The highest BCUT2D eigenvalue weighted by Gasteiger charge is 2.13. The van der Waals surface area contributed by atoms with Crippen LogP contribution in [0.3, 0.4) is 0 Å². The van der Waals surface area contributed by atoms with Gasteiger partial charge in [0, 0.05) is 10.0 Å². The molecule has 3 nitrogen and oxygen atoms in total. The molecule has 0 bridgehead atoms. The molecule has 0 saturated carbocycles. The summed E-state index contributed by atoms with van der Waals surface area (Å²) in [7, 11) is 1.30. The van der Waals surface area contributed by atoms with Crippen molar-refractivity contribution in [1.29, 1.82) is 0 Å². The molecule has 1 aromatic rings. The highest BCUT2D eigenvalue weighted by Crippen LogP contribution is 2.27. The van der Waals surface area contributed by atoms with Crippen molar-refractivity contribution >= 4 is 21.9 Å². The predicted octanol–water partition coefficient (Wildman–Crippen LogP) is 2.22. The summed E-state index contributed by atoms with van der Waals surface area (Å²) in [6, 6.07) is 2.75. The molecular weight excluding hydrogens is 255 g/mol. The van der Waals surface area contributed by atoms with E-state index < -0.39 is 11.8 Å². The van der Waals surface area contributed by atoms with Gasteiger partial charge in [-0.25, -0.2) is 4.39 Å². The summed E-state index contributed by atoms with van der Waals surface area (Å²) in [6.45, 7) is 0. The van der Waals surface area contributed by atoms with Gasteiger partial charge in [-0.05, 0) is 12.1 Å². The van der Waals surface area contributed by atoms with Crippen LogP contribution in [-0.2, 0) is 11.2 Å². The minimum absolute atomic E-state index is 0.0180. The van der Waals surface area contributed by atoms with Gasteiger partial charge in [-0.15, -0.1) is 0 Å². The molecule has 0 spiro atoms. The van der Waals surface area contributed by atoms with E-state index in [0.717, 1.165) is 0 Å². The maximum Gasteiger partial charge on any atom is 0.307 e. The molecule has 0 amide bonds. The van der Waals surface area contributed by atoms with E-state index >= 15 is 0 Å². The number of benzene rings is 1. The van der Waals surface area contributed by atoms with Crippen molar-refractivity contribution in [3.63, 3.8) is 0 Å². The van der Waals surface area contributed by atoms with Crippen LogP contribution < -0.4 is 4.74 Å². The zero-order valence-electron chi connectivity index (χ0n) is 7.38.